The van der Waals surface area contributed by atoms with Crippen molar-refractivity contribution >= 4 is 29.0 Å². The lowest BCUT2D eigenvalue weighted by molar-refractivity contribution is 0.879. The molecule has 5 aromatic rings. The summed E-state index contributed by atoms with van der Waals surface area (Å²) in [4.78, 5) is 21.3. The van der Waals surface area contributed by atoms with E-state index in [1.54, 1.807) is 30.7 Å². The number of para-hydroxylation sites is 1. The zero-order valence-corrected chi connectivity index (χ0v) is 18.6. The number of benzene rings is 1. The van der Waals surface area contributed by atoms with Crippen LogP contribution in [0.3, 0.4) is 0 Å². The number of aryl methyl sites for hydroxylation is 1. The molecule has 0 aliphatic carbocycles. The summed E-state index contributed by atoms with van der Waals surface area (Å²) >= 11 is 7.47. The van der Waals surface area contributed by atoms with Gasteiger partial charge in [0.2, 0.25) is 0 Å². The van der Waals surface area contributed by atoms with Gasteiger partial charge in [-0.1, -0.05) is 41.6 Å². The maximum absolute atomic E-state index is 12.5. The summed E-state index contributed by atoms with van der Waals surface area (Å²) in [6.07, 6.45) is 5.06. The van der Waals surface area contributed by atoms with E-state index in [9.17, 15) is 4.79 Å². The number of pyridine rings is 2. The minimum Gasteiger partial charge on any atom is -0.270 e. The van der Waals surface area contributed by atoms with Crippen molar-refractivity contribution in [3.05, 3.63) is 99.8 Å². The minimum absolute atomic E-state index is 0.176. The van der Waals surface area contributed by atoms with E-state index < -0.39 is 0 Å². The van der Waals surface area contributed by atoms with Crippen molar-refractivity contribution < 1.29 is 0 Å². The first-order valence-corrected chi connectivity index (χ1v) is 11.2. The lowest BCUT2D eigenvalue weighted by Gasteiger charge is -2.12. The molecule has 0 amide bonds. The molecule has 4 aromatic heterocycles. The summed E-state index contributed by atoms with van der Waals surface area (Å²) in [5.41, 5.74) is 3.98. The van der Waals surface area contributed by atoms with E-state index in [0.717, 1.165) is 16.8 Å². The monoisotopic (exact) mass is 460 g/mol. The summed E-state index contributed by atoms with van der Waals surface area (Å²) in [5.74, 6) is 1.17. The van der Waals surface area contributed by atoms with E-state index in [1.165, 1.54) is 22.2 Å². The SMILES string of the molecule is Cc1ccccc1-n1c(SCc2cc(=O)n3cc(Cl)ccc3n2)nnc1-c1cccnc1. The highest BCUT2D eigenvalue weighted by Crippen LogP contribution is 2.30. The van der Waals surface area contributed by atoms with E-state index >= 15 is 0 Å². The van der Waals surface area contributed by atoms with Gasteiger partial charge in [-0.05, 0) is 42.8 Å². The molecule has 0 radical (unpaired) electrons. The maximum Gasteiger partial charge on any atom is 0.258 e. The molecule has 0 bridgehead atoms. The standard InChI is InChI=1S/C23H17ClN6OS/c1-15-5-2-3-7-19(15)30-22(16-6-4-10-25-12-16)27-28-23(30)32-14-18-11-21(31)29-13-17(24)8-9-20(29)26-18/h2-13H,14H2,1H3. The van der Waals surface area contributed by atoms with Crippen LogP contribution in [-0.4, -0.2) is 29.1 Å². The molecule has 158 valence electrons. The number of nitrogens with zero attached hydrogens (tertiary/aromatic N) is 6. The van der Waals surface area contributed by atoms with Crippen LogP contribution in [0.1, 0.15) is 11.3 Å². The molecule has 0 fully saturated rings. The first-order valence-electron chi connectivity index (χ1n) is 9.82. The molecule has 0 unspecified atom stereocenters. The fourth-order valence-corrected chi connectivity index (χ4v) is 4.41. The highest BCUT2D eigenvalue weighted by atomic mass is 35.5. The largest absolute Gasteiger partial charge is 0.270 e. The van der Waals surface area contributed by atoms with Crippen molar-refractivity contribution in [3.8, 4) is 17.1 Å². The normalized spacial score (nSPS) is 11.2. The van der Waals surface area contributed by atoms with E-state index in [-0.39, 0.29) is 5.56 Å². The van der Waals surface area contributed by atoms with E-state index in [0.29, 0.717) is 33.1 Å². The van der Waals surface area contributed by atoms with Crippen molar-refractivity contribution in [2.75, 3.05) is 0 Å². The van der Waals surface area contributed by atoms with Crippen LogP contribution in [0.2, 0.25) is 5.02 Å². The molecule has 5 rings (SSSR count). The van der Waals surface area contributed by atoms with E-state index in [1.807, 2.05) is 47.9 Å². The molecular formula is C23H17ClN6OS. The van der Waals surface area contributed by atoms with Gasteiger partial charge in [-0.3, -0.25) is 18.7 Å². The Hall–Kier alpha value is -3.49. The fourth-order valence-electron chi connectivity index (χ4n) is 3.42. The van der Waals surface area contributed by atoms with Crippen LogP contribution in [-0.2, 0) is 5.75 Å². The molecular weight excluding hydrogens is 444 g/mol. The number of aromatic nitrogens is 6. The number of hydrogen-bond donors (Lipinski definition) is 0. The smallest absolute Gasteiger partial charge is 0.258 e. The van der Waals surface area contributed by atoms with Gasteiger partial charge < -0.3 is 0 Å². The van der Waals surface area contributed by atoms with Gasteiger partial charge in [0.05, 0.1) is 16.4 Å². The predicted molar refractivity (Wildman–Crippen MR) is 125 cm³/mol. The quantitative estimate of drug-likeness (QED) is 0.357. The number of rotatable bonds is 5. The third-order valence-electron chi connectivity index (χ3n) is 4.94. The topological polar surface area (TPSA) is 78.0 Å². The summed E-state index contributed by atoms with van der Waals surface area (Å²) in [7, 11) is 0. The van der Waals surface area contributed by atoms with Crippen molar-refractivity contribution in [2.24, 2.45) is 0 Å². The Morgan fingerprint density at radius 1 is 1.06 bits per heavy atom. The highest BCUT2D eigenvalue weighted by molar-refractivity contribution is 7.98. The van der Waals surface area contributed by atoms with Crippen LogP contribution in [0.4, 0.5) is 0 Å². The second-order valence-electron chi connectivity index (χ2n) is 7.12. The predicted octanol–water partition coefficient (Wildman–Crippen LogP) is 4.59. The summed E-state index contributed by atoms with van der Waals surface area (Å²) in [6, 6.07) is 16.9. The van der Waals surface area contributed by atoms with Gasteiger partial charge in [-0.2, -0.15) is 0 Å². The Kier molecular flexibility index (Phi) is 5.46. The van der Waals surface area contributed by atoms with Gasteiger partial charge in [0.25, 0.3) is 5.56 Å². The van der Waals surface area contributed by atoms with Gasteiger partial charge in [-0.25, -0.2) is 4.98 Å². The third kappa shape index (κ3) is 3.90. The number of halogens is 1. The second kappa shape index (κ2) is 8.57. The molecule has 0 atom stereocenters. The van der Waals surface area contributed by atoms with Crippen LogP contribution in [0, 0.1) is 6.92 Å². The Morgan fingerprint density at radius 2 is 1.94 bits per heavy atom. The molecule has 0 aliphatic heterocycles. The fraction of sp³-hybridized carbons (Fsp3) is 0.0870. The van der Waals surface area contributed by atoms with Crippen LogP contribution in [0.25, 0.3) is 22.7 Å². The van der Waals surface area contributed by atoms with Gasteiger partial charge >= 0.3 is 0 Å². The van der Waals surface area contributed by atoms with Crippen molar-refractivity contribution in [3.63, 3.8) is 0 Å². The van der Waals surface area contributed by atoms with Crippen LogP contribution in [0.15, 0.2) is 83.1 Å². The van der Waals surface area contributed by atoms with Crippen LogP contribution >= 0.6 is 23.4 Å². The zero-order chi connectivity index (χ0) is 22.1. The van der Waals surface area contributed by atoms with Crippen molar-refractivity contribution in [1.29, 1.82) is 0 Å². The van der Waals surface area contributed by atoms with Gasteiger partial charge in [0.15, 0.2) is 11.0 Å². The Morgan fingerprint density at radius 3 is 2.75 bits per heavy atom. The third-order valence-corrected chi connectivity index (χ3v) is 6.12. The molecule has 4 heterocycles. The average Bonchev–Trinajstić information content (AvgIpc) is 3.23. The Balaban J connectivity index is 1.54. The second-order valence-corrected chi connectivity index (χ2v) is 8.50. The average molecular weight is 461 g/mol. The molecule has 0 aliphatic rings. The lowest BCUT2D eigenvalue weighted by Crippen LogP contribution is -2.15. The van der Waals surface area contributed by atoms with Crippen molar-refractivity contribution in [2.45, 2.75) is 17.8 Å². The maximum atomic E-state index is 12.5. The molecule has 7 nitrogen and oxygen atoms in total. The van der Waals surface area contributed by atoms with Crippen LogP contribution in [0.5, 0.6) is 0 Å². The molecule has 32 heavy (non-hydrogen) atoms. The summed E-state index contributed by atoms with van der Waals surface area (Å²) in [5, 5.41) is 10.1. The van der Waals surface area contributed by atoms with Crippen molar-refractivity contribution in [1.82, 2.24) is 29.1 Å². The van der Waals surface area contributed by atoms with Gasteiger partial charge in [0, 0.05) is 36.0 Å². The first kappa shape index (κ1) is 20.4. The summed E-state index contributed by atoms with van der Waals surface area (Å²) in [6.45, 7) is 2.05. The lowest BCUT2D eigenvalue weighted by atomic mass is 10.2. The van der Waals surface area contributed by atoms with E-state index in [4.69, 9.17) is 11.6 Å². The minimum atomic E-state index is -0.176. The summed E-state index contributed by atoms with van der Waals surface area (Å²) < 4.78 is 3.46. The molecule has 0 spiro atoms. The van der Waals surface area contributed by atoms with Crippen LogP contribution < -0.4 is 5.56 Å². The highest BCUT2D eigenvalue weighted by Gasteiger charge is 2.18. The number of thioether (sulfide) groups is 1. The molecule has 0 N–H and O–H groups in total. The number of hydrogen-bond acceptors (Lipinski definition) is 6. The van der Waals surface area contributed by atoms with Gasteiger partial charge in [-0.15, -0.1) is 10.2 Å². The molecule has 1 aromatic carbocycles. The Bertz CT molecular complexity index is 1480. The first-order chi connectivity index (χ1) is 15.6. The molecule has 9 heteroatoms. The van der Waals surface area contributed by atoms with Gasteiger partial charge in [0.1, 0.15) is 5.65 Å². The molecule has 0 saturated carbocycles. The Labute approximate surface area is 192 Å². The zero-order valence-electron chi connectivity index (χ0n) is 17.0. The van der Waals surface area contributed by atoms with E-state index in [2.05, 4.69) is 20.2 Å². The number of fused-ring (bicyclic) bond motifs is 1. The molecule has 0 saturated heterocycles.